The summed E-state index contributed by atoms with van der Waals surface area (Å²) in [4.78, 5) is 2.36. The lowest BCUT2D eigenvalue weighted by molar-refractivity contribution is 0.207. The molecule has 1 aromatic rings. The van der Waals surface area contributed by atoms with Crippen LogP contribution in [0, 0.1) is 0 Å². The lowest BCUT2D eigenvalue weighted by Gasteiger charge is -2.31. The van der Waals surface area contributed by atoms with Crippen LogP contribution >= 0.6 is 0 Å². The second kappa shape index (κ2) is 6.77. The quantitative estimate of drug-likeness (QED) is 0.789. The summed E-state index contributed by atoms with van der Waals surface area (Å²) in [6.45, 7) is 5.44. The van der Waals surface area contributed by atoms with Crippen LogP contribution in [0.15, 0.2) is 12.4 Å². The first-order chi connectivity index (χ1) is 8.10. The molecule has 4 heteroatoms. The van der Waals surface area contributed by atoms with Gasteiger partial charge in [-0.05, 0) is 26.4 Å². The van der Waals surface area contributed by atoms with E-state index in [0.717, 1.165) is 13.0 Å². The van der Waals surface area contributed by atoms with Crippen molar-refractivity contribution in [2.45, 2.75) is 45.2 Å². The number of aromatic nitrogens is 2. The number of rotatable bonds is 7. The third kappa shape index (κ3) is 3.82. The van der Waals surface area contributed by atoms with Crippen molar-refractivity contribution in [1.82, 2.24) is 14.7 Å². The van der Waals surface area contributed by atoms with Crippen LogP contribution in [0.2, 0.25) is 0 Å². The van der Waals surface area contributed by atoms with Crippen molar-refractivity contribution in [3.63, 3.8) is 0 Å². The van der Waals surface area contributed by atoms with Gasteiger partial charge in [-0.15, -0.1) is 0 Å². The molecular weight excluding hydrogens is 212 g/mol. The van der Waals surface area contributed by atoms with Crippen LogP contribution in [0.4, 0.5) is 0 Å². The van der Waals surface area contributed by atoms with Crippen molar-refractivity contribution in [3.8, 4) is 0 Å². The van der Waals surface area contributed by atoms with E-state index in [1.54, 1.807) is 0 Å². The van der Waals surface area contributed by atoms with Gasteiger partial charge in [0.15, 0.2) is 0 Å². The van der Waals surface area contributed by atoms with Crippen LogP contribution in [-0.2, 0) is 7.05 Å². The van der Waals surface area contributed by atoms with E-state index < -0.39 is 0 Å². The van der Waals surface area contributed by atoms with E-state index in [1.807, 2.05) is 17.9 Å². The van der Waals surface area contributed by atoms with Crippen molar-refractivity contribution in [2.75, 3.05) is 13.6 Å². The van der Waals surface area contributed by atoms with Crippen LogP contribution in [0.3, 0.4) is 0 Å². The summed E-state index contributed by atoms with van der Waals surface area (Å²) in [5.41, 5.74) is 7.48. The molecule has 0 amide bonds. The Morgan fingerprint density at radius 1 is 1.47 bits per heavy atom. The number of nitrogens with two attached hydrogens (primary N) is 1. The van der Waals surface area contributed by atoms with Gasteiger partial charge in [0.2, 0.25) is 0 Å². The van der Waals surface area contributed by atoms with Crippen molar-refractivity contribution in [1.29, 1.82) is 0 Å². The number of likely N-dealkylation sites (N-methyl/N-ethyl adjacent to an activating group) is 1. The molecule has 0 spiro atoms. The highest BCUT2D eigenvalue weighted by Crippen LogP contribution is 2.23. The number of aryl methyl sites for hydroxylation is 1. The van der Waals surface area contributed by atoms with Gasteiger partial charge in [0.25, 0.3) is 0 Å². The molecule has 0 bridgehead atoms. The summed E-state index contributed by atoms with van der Waals surface area (Å²) in [6.07, 6.45) is 7.41. The van der Waals surface area contributed by atoms with Crippen LogP contribution in [-0.4, -0.2) is 34.3 Å². The van der Waals surface area contributed by atoms with Gasteiger partial charge in [0.1, 0.15) is 0 Å². The van der Waals surface area contributed by atoms with Gasteiger partial charge >= 0.3 is 0 Å². The molecule has 98 valence electrons. The van der Waals surface area contributed by atoms with Crippen molar-refractivity contribution in [3.05, 3.63) is 18.0 Å². The highest BCUT2D eigenvalue weighted by atomic mass is 15.2. The normalized spacial score (nSPS) is 15.2. The zero-order valence-corrected chi connectivity index (χ0v) is 11.6. The Morgan fingerprint density at radius 3 is 2.65 bits per heavy atom. The molecule has 2 N–H and O–H groups in total. The molecule has 0 aliphatic heterocycles. The zero-order valence-electron chi connectivity index (χ0n) is 11.6. The average molecular weight is 238 g/mol. The van der Waals surface area contributed by atoms with Crippen molar-refractivity contribution < 1.29 is 0 Å². The van der Waals surface area contributed by atoms with Gasteiger partial charge in [0.05, 0.1) is 12.2 Å². The zero-order chi connectivity index (χ0) is 12.8. The minimum absolute atomic E-state index is 0.168. The Kier molecular flexibility index (Phi) is 5.65. The fraction of sp³-hybridized carbons (Fsp3) is 0.769. The second-order valence-electron chi connectivity index (χ2n) is 4.80. The highest BCUT2D eigenvalue weighted by Gasteiger charge is 2.23. The fourth-order valence-electron chi connectivity index (χ4n) is 2.19. The second-order valence-corrected chi connectivity index (χ2v) is 4.80. The summed E-state index contributed by atoms with van der Waals surface area (Å²) in [5, 5.41) is 4.25. The molecule has 2 unspecified atom stereocenters. The van der Waals surface area contributed by atoms with Gasteiger partial charge in [-0.1, -0.05) is 20.3 Å². The van der Waals surface area contributed by atoms with Gasteiger partial charge in [-0.25, -0.2) is 0 Å². The minimum atomic E-state index is 0.168. The molecular formula is C13H26N4. The van der Waals surface area contributed by atoms with Crippen molar-refractivity contribution >= 4 is 0 Å². The maximum Gasteiger partial charge on any atom is 0.0538 e. The number of hydrogen-bond acceptors (Lipinski definition) is 3. The lowest BCUT2D eigenvalue weighted by atomic mass is 9.99. The van der Waals surface area contributed by atoms with Crippen molar-refractivity contribution in [2.24, 2.45) is 12.8 Å². The maximum atomic E-state index is 6.25. The molecule has 0 saturated carbocycles. The van der Waals surface area contributed by atoms with Crippen LogP contribution < -0.4 is 5.73 Å². The molecule has 1 rings (SSSR count). The predicted octanol–water partition coefficient (Wildman–Crippen LogP) is 1.93. The summed E-state index contributed by atoms with van der Waals surface area (Å²) in [7, 11) is 4.10. The largest absolute Gasteiger partial charge is 0.326 e. The molecule has 1 aromatic heterocycles. The number of hydrogen-bond donors (Lipinski definition) is 1. The number of unbranched alkanes of at least 4 members (excludes halogenated alkanes) is 1. The summed E-state index contributed by atoms with van der Waals surface area (Å²) in [5.74, 6) is 0. The van der Waals surface area contributed by atoms with E-state index in [1.165, 1.54) is 18.4 Å². The molecule has 0 fully saturated rings. The van der Waals surface area contributed by atoms with E-state index in [2.05, 4.69) is 37.1 Å². The first-order valence-electron chi connectivity index (χ1n) is 6.54. The minimum Gasteiger partial charge on any atom is -0.326 e. The van der Waals surface area contributed by atoms with Crippen LogP contribution in [0.5, 0.6) is 0 Å². The van der Waals surface area contributed by atoms with E-state index in [4.69, 9.17) is 5.73 Å². The Balaban J connectivity index is 2.80. The van der Waals surface area contributed by atoms with E-state index >= 15 is 0 Å². The molecule has 2 atom stereocenters. The molecule has 17 heavy (non-hydrogen) atoms. The van der Waals surface area contributed by atoms with Gasteiger partial charge < -0.3 is 5.73 Å². The average Bonchev–Trinajstić information content (AvgIpc) is 2.73. The Bertz CT molecular complexity index is 321. The molecule has 0 aliphatic carbocycles. The fourth-order valence-corrected chi connectivity index (χ4v) is 2.19. The molecule has 4 nitrogen and oxygen atoms in total. The summed E-state index contributed by atoms with van der Waals surface area (Å²) >= 11 is 0. The van der Waals surface area contributed by atoms with Gasteiger partial charge in [-0.3, -0.25) is 9.58 Å². The molecule has 0 radical (unpaired) electrons. The third-order valence-corrected chi connectivity index (χ3v) is 3.28. The van der Waals surface area contributed by atoms with E-state index in [9.17, 15) is 0 Å². The predicted molar refractivity (Wildman–Crippen MR) is 71.8 cm³/mol. The SMILES string of the molecule is CCCCN(C)C(c1cnn(C)c1)C(N)CC. The first kappa shape index (κ1) is 14.2. The topological polar surface area (TPSA) is 47.1 Å². The highest BCUT2D eigenvalue weighted by molar-refractivity contribution is 5.13. The smallest absolute Gasteiger partial charge is 0.0538 e. The Morgan fingerprint density at radius 2 is 2.18 bits per heavy atom. The molecule has 0 saturated heterocycles. The van der Waals surface area contributed by atoms with E-state index in [0.29, 0.717) is 0 Å². The Hall–Kier alpha value is -0.870. The molecule has 1 heterocycles. The summed E-state index contributed by atoms with van der Waals surface area (Å²) in [6, 6.07) is 0.446. The maximum absolute atomic E-state index is 6.25. The molecule has 0 aliphatic rings. The standard InChI is InChI=1S/C13H26N4/c1-5-7-8-16(3)13(12(14)6-2)11-9-15-17(4)10-11/h9-10,12-13H,5-8,14H2,1-4H3. The van der Waals surface area contributed by atoms with Crippen LogP contribution in [0.25, 0.3) is 0 Å². The monoisotopic (exact) mass is 238 g/mol. The Labute approximate surface area is 105 Å². The summed E-state index contributed by atoms with van der Waals surface area (Å²) < 4.78 is 1.85. The van der Waals surface area contributed by atoms with Gasteiger partial charge in [0, 0.05) is 24.8 Å². The van der Waals surface area contributed by atoms with Gasteiger partial charge in [-0.2, -0.15) is 5.10 Å². The van der Waals surface area contributed by atoms with Crippen LogP contribution in [0.1, 0.15) is 44.7 Å². The molecule has 0 aromatic carbocycles. The lowest BCUT2D eigenvalue weighted by Crippen LogP contribution is -2.39. The van der Waals surface area contributed by atoms with E-state index in [-0.39, 0.29) is 12.1 Å². The first-order valence-corrected chi connectivity index (χ1v) is 6.54. The number of nitrogens with zero attached hydrogens (tertiary/aromatic N) is 3. The third-order valence-electron chi connectivity index (χ3n) is 3.28.